The van der Waals surface area contributed by atoms with Gasteiger partial charge in [-0.05, 0) is 37.5 Å². The number of benzene rings is 1. The van der Waals surface area contributed by atoms with E-state index in [1.165, 1.54) is 0 Å². The molecule has 0 radical (unpaired) electrons. The number of carbonyl (C=O) groups excluding carboxylic acids is 1. The highest BCUT2D eigenvalue weighted by atomic mass is 16.4. The van der Waals surface area contributed by atoms with Crippen LogP contribution in [0.25, 0.3) is 0 Å². The fourth-order valence-electron chi connectivity index (χ4n) is 3.23. The first-order chi connectivity index (χ1) is 12.6. The number of aromatic nitrogens is 2. The lowest BCUT2D eigenvalue weighted by atomic mass is 9.89. The molecular formula is C19H22N4O3. The van der Waals surface area contributed by atoms with Crippen LogP contribution in [-0.2, 0) is 0 Å². The molecule has 3 rings (SSSR count). The van der Waals surface area contributed by atoms with Gasteiger partial charge in [-0.25, -0.2) is 14.8 Å². The second-order valence-corrected chi connectivity index (χ2v) is 6.35. The number of amides is 1. The smallest absolute Gasteiger partial charge is 0.335 e. The first-order valence-corrected chi connectivity index (χ1v) is 8.77. The van der Waals surface area contributed by atoms with Gasteiger partial charge in [0, 0.05) is 37.9 Å². The van der Waals surface area contributed by atoms with Crippen LogP contribution in [0, 0.1) is 0 Å². The van der Waals surface area contributed by atoms with E-state index in [0.717, 1.165) is 24.9 Å². The summed E-state index contributed by atoms with van der Waals surface area (Å²) in [7, 11) is 0. The molecule has 1 aromatic heterocycles. The molecule has 26 heavy (non-hydrogen) atoms. The topological polar surface area (TPSA) is 95.4 Å². The number of piperidine rings is 1. The van der Waals surface area contributed by atoms with Crippen LogP contribution in [0.3, 0.4) is 0 Å². The number of carboxylic acids is 1. The van der Waals surface area contributed by atoms with E-state index >= 15 is 0 Å². The second-order valence-electron chi connectivity index (χ2n) is 6.35. The molecule has 7 nitrogen and oxygen atoms in total. The summed E-state index contributed by atoms with van der Waals surface area (Å²) in [4.78, 5) is 34.1. The average Bonchev–Trinajstić information content (AvgIpc) is 2.68. The molecule has 2 aromatic rings. The number of hydrogen-bond acceptors (Lipinski definition) is 5. The van der Waals surface area contributed by atoms with Gasteiger partial charge in [-0.3, -0.25) is 4.79 Å². The van der Waals surface area contributed by atoms with Crippen LogP contribution < -0.4 is 5.32 Å². The van der Waals surface area contributed by atoms with E-state index in [4.69, 9.17) is 0 Å². The fourth-order valence-corrected chi connectivity index (χ4v) is 3.23. The number of rotatable bonds is 5. The van der Waals surface area contributed by atoms with Crippen molar-refractivity contribution in [1.29, 1.82) is 0 Å². The Morgan fingerprint density at radius 2 is 2.04 bits per heavy atom. The second kappa shape index (κ2) is 7.95. The maximum Gasteiger partial charge on any atom is 0.335 e. The normalized spacial score (nSPS) is 17.0. The van der Waals surface area contributed by atoms with E-state index in [1.807, 2.05) is 13.0 Å². The first-order valence-electron chi connectivity index (χ1n) is 8.77. The Kier molecular flexibility index (Phi) is 5.46. The van der Waals surface area contributed by atoms with Gasteiger partial charge in [-0.1, -0.05) is 12.1 Å². The third-order valence-corrected chi connectivity index (χ3v) is 4.55. The van der Waals surface area contributed by atoms with Crippen molar-refractivity contribution in [2.75, 3.05) is 25.0 Å². The summed E-state index contributed by atoms with van der Waals surface area (Å²) in [6, 6.07) is 6.97. The predicted octanol–water partition coefficient (Wildman–Crippen LogP) is 2.63. The summed E-state index contributed by atoms with van der Waals surface area (Å²) in [5.74, 6) is -0.388. The van der Waals surface area contributed by atoms with Crippen LogP contribution in [0.4, 0.5) is 5.95 Å². The maximum absolute atomic E-state index is 12.8. The highest BCUT2D eigenvalue weighted by Crippen LogP contribution is 2.28. The number of likely N-dealkylation sites (tertiary alicyclic amines) is 1. The van der Waals surface area contributed by atoms with Crippen LogP contribution >= 0.6 is 0 Å². The number of nitrogens with zero attached hydrogens (tertiary/aromatic N) is 3. The van der Waals surface area contributed by atoms with Crippen LogP contribution in [0.5, 0.6) is 0 Å². The van der Waals surface area contributed by atoms with Crippen LogP contribution in [0.15, 0.2) is 36.7 Å². The molecule has 1 unspecified atom stereocenters. The van der Waals surface area contributed by atoms with Gasteiger partial charge in [-0.15, -0.1) is 0 Å². The zero-order valence-electron chi connectivity index (χ0n) is 14.7. The van der Waals surface area contributed by atoms with Crippen LogP contribution in [-0.4, -0.2) is 51.5 Å². The molecule has 2 heterocycles. The van der Waals surface area contributed by atoms with Gasteiger partial charge in [0.25, 0.3) is 5.91 Å². The summed E-state index contributed by atoms with van der Waals surface area (Å²) in [6.07, 6.45) is 4.90. The summed E-state index contributed by atoms with van der Waals surface area (Å²) in [6.45, 7) is 3.92. The predicted molar refractivity (Wildman–Crippen MR) is 97.5 cm³/mol. The molecule has 136 valence electrons. The van der Waals surface area contributed by atoms with Crippen LogP contribution in [0.1, 0.15) is 52.0 Å². The molecule has 1 amide bonds. The molecule has 1 fully saturated rings. The number of nitrogens with one attached hydrogen (secondary N) is 1. The van der Waals surface area contributed by atoms with Gasteiger partial charge in [0.1, 0.15) is 0 Å². The van der Waals surface area contributed by atoms with E-state index in [0.29, 0.717) is 24.6 Å². The Hall–Kier alpha value is -2.96. The van der Waals surface area contributed by atoms with Gasteiger partial charge < -0.3 is 15.3 Å². The summed E-state index contributed by atoms with van der Waals surface area (Å²) in [5.41, 5.74) is 1.70. The fraction of sp³-hybridized carbons (Fsp3) is 0.368. The number of carboxylic acid groups (broad SMARTS) is 1. The number of aromatic carboxylic acids is 1. The molecule has 0 spiro atoms. The van der Waals surface area contributed by atoms with Crippen molar-refractivity contribution < 1.29 is 14.7 Å². The molecule has 0 aliphatic carbocycles. The van der Waals surface area contributed by atoms with E-state index in [-0.39, 0.29) is 17.4 Å². The Bertz CT molecular complexity index is 792. The Morgan fingerprint density at radius 3 is 2.73 bits per heavy atom. The minimum Gasteiger partial charge on any atom is -0.478 e. The monoisotopic (exact) mass is 354 g/mol. The molecule has 1 saturated heterocycles. The molecule has 1 atom stereocenters. The molecule has 2 N–H and O–H groups in total. The molecular weight excluding hydrogens is 332 g/mol. The Balaban J connectivity index is 1.72. The van der Waals surface area contributed by atoms with Gasteiger partial charge >= 0.3 is 5.97 Å². The molecule has 1 aliphatic rings. The molecule has 0 saturated carbocycles. The lowest BCUT2D eigenvalue weighted by Gasteiger charge is -2.33. The van der Waals surface area contributed by atoms with Crippen LogP contribution in [0.2, 0.25) is 0 Å². The first kappa shape index (κ1) is 17.8. The van der Waals surface area contributed by atoms with Crippen molar-refractivity contribution in [3.63, 3.8) is 0 Å². The van der Waals surface area contributed by atoms with E-state index in [2.05, 4.69) is 15.3 Å². The lowest BCUT2D eigenvalue weighted by molar-refractivity contribution is 0.0687. The standard InChI is InChI=1S/C19H22N4O3/c1-2-20-19-21-10-16(11-22-19)17(24)23-8-4-7-15(12-23)13-5-3-6-14(9-13)18(25)26/h3,5-6,9-11,15H,2,4,7-8,12H2,1H3,(H,25,26)(H,20,21,22). The number of carbonyl (C=O) groups is 2. The van der Waals surface area contributed by atoms with E-state index in [9.17, 15) is 14.7 Å². The van der Waals surface area contributed by atoms with Crippen molar-refractivity contribution in [2.24, 2.45) is 0 Å². The van der Waals surface area contributed by atoms with Crippen molar-refractivity contribution in [3.8, 4) is 0 Å². The average molecular weight is 354 g/mol. The Morgan fingerprint density at radius 1 is 1.27 bits per heavy atom. The minimum atomic E-state index is -0.937. The van der Waals surface area contributed by atoms with E-state index < -0.39 is 5.97 Å². The highest BCUT2D eigenvalue weighted by molar-refractivity contribution is 5.93. The van der Waals surface area contributed by atoms with Crippen molar-refractivity contribution >= 4 is 17.8 Å². The van der Waals surface area contributed by atoms with E-state index in [1.54, 1.807) is 35.5 Å². The zero-order valence-corrected chi connectivity index (χ0v) is 14.7. The molecule has 0 bridgehead atoms. The summed E-state index contributed by atoms with van der Waals surface area (Å²) >= 11 is 0. The third-order valence-electron chi connectivity index (χ3n) is 4.55. The van der Waals surface area contributed by atoms with Gasteiger partial charge in [-0.2, -0.15) is 0 Å². The number of anilines is 1. The molecule has 1 aromatic carbocycles. The van der Waals surface area contributed by atoms with Gasteiger partial charge in [0.05, 0.1) is 11.1 Å². The highest BCUT2D eigenvalue weighted by Gasteiger charge is 2.26. The Labute approximate surface area is 152 Å². The molecule has 1 aliphatic heterocycles. The maximum atomic E-state index is 12.8. The van der Waals surface area contributed by atoms with Crippen molar-refractivity contribution in [1.82, 2.24) is 14.9 Å². The van der Waals surface area contributed by atoms with Gasteiger partial charge in [0.15, 0.2) is 0 Å². The third kappa shape index (κ3) is 3.99. The minimum absolute atomic E-state index is 0.0906. The largest absolute Gasteiger partial charge is 0.478 e. The molecule has 7 heteroatoms. The quantitative estimate of drug-likeness (QED) is 0.857. The SMILES string of the molecule is CCNc1ncc(C(=O)N2CCCC(c3cccc(C(=O)O)c3)C2)cn1. The van der Waals surface area contributed by atoms with Crippen molar-refractivity contribution in [2.45, 2.75) is 25.7 Å². The van der Waals surface area contributed by atoms with Gasteiger partial charge in [0.2, 0.25) is 5.95 Å². The zero-order chi connectivity index (χ0) is 18.5. The number of hydrogen-bond donors (Lipinski definition) is 2. The lowest BCUT2D eigenvalue weighted by Crippen LogP contribution is -2.39. The summed E-state index contributed by atoms with van der Waals surface area (Å²) in [5, 5.41) is 12.2. The summed E-state index contributed by atoms with van der Waals surface area (Å²) < 4.78 is 0. The van der Waals surface area contributed by atoms with Crippen molar-refractivity contribution in [3.05, 3.63) is 53.3 Å².